The number of rotatable bonds is 4. The molecule has 2 N–H and O–H groups in total. The number of hydrogen-bond donors (Lipinski definition) is 2. The highest BCUT2D eigenvalue weighted by Crippen LogP contribution is 2.45. The van der Waals surface area contributed by atoms with E-state index in [1.165, 1.54) is 102 Å². The Morgan fingerprint density at radius 1 is 0.484 bits per heavy atom. The van der Waals surface area contributed by atoms with E-state index in [4.69, 9.17) is 9.97 Å². The Hall–Kier alpha value is -4.28. The van der Waals surface area contributed by atoms with E-state index < -0.39 is 0 Å². The van der Waals surface area contributed by atoms with Gasteiger partial charge in [-0.3, -0.25) is 0 Å². The minimum absolute atomic E-state index is 0.897. The molecule has 6 aromatic rings. The number of nitrogens with zero attached hydrogens (tertiary/aromatic N) is 2. The van der Waals surface area contributed by atoms with Crippen molar-refractivity contribution in [1.82, 2.24) is 19.9 Å². The van der Waals surface area contributed by atoms with Crippen molar-refractivity contribution >= 4 is 89.5 Å². The van der Waals surface area contributed by atoms with Gasteiger partial charge in [-0.05, 0) is 252 Å². The van der Waals surface area contributed by atoms with Gasteiger partial charge in [-0.15, -0.1) is 0 Å². The zero-order chi connectivity index (χ0) is 44.8. The van der Waals surface area contributed by atoms with Crippen LogP contribution in [-0.4, -0.2) is 19.9 Å². The molecule has 3 aromatic carbocycles. The van der Waals surface area contributed by atoms with E-state index in [2.05, 4.69) is 183 Å². The van der Waals surface area contributed by atoms with E-state index in [-0.39, 0.29) is 0 Å². The largest absolute Gasteiger partial charge is 0.354 e. The molecule has 6 heteroatoms. The third-order valence-corrected chi connectivity index (χ3v) is 16.6. The second-order valence-electron chi connectivity index (χ2n) is 18.1. The number of benzene rings is 3. The second kappa shape index (κ2) is 18.9. The van der Waals surface area contributed by atoms with E-state index >= 15 is 0 Å². The lowest BCUT2D eigenvalue weighted by Gasteiger charge is -2.15. The molecule has 4 nitrogen and oxygen atoms in total. The van der Waals surface area contributed by atoms with Gasteiger partial charge in [-0.2, -0.15) is 0 Å². The van der Waals surface area contributed by atoms with Crippen LogP contribution in [0.25, 0.3) is 66.6 Å². The maximum absolute atomic E-state index is 5.74. The van der Waals surface area contributed by atoms with Gasteiger partial charge in [0.2, 0.25) is 0 Å². The maximum Gasteiger partial charge on any atom is 0.0770 e. The molecule has 0 spiro atoms. The van der Waals surface area contributed by atoms with Crippen molar-refractivity contribution < 1.29 is 0 Å². The number of nitrogens with one attached hydrogen (secondary N) is 2. The van der Waals surface area contributed by atoms with Crippen LogP contribution in [0.3, 0.4) is 0 Å². The molecule has 0 unspecified atom stereocenters. The molecule has 0 saturated carbocycles. The predicted octanol–water partition coefficient (Wildman–Crippen LogP) is 16.7. The van der Waals surface area contributed by atoms with Gasteiger partial charge in [-0.1, -0.05) is 76.2 Å². The molecular weight excluding hydrogens is 1010 g/mol. The van der Waals surface area contributed by atoms with Crippen LogP contribution in [0.2, 0.25) is 0 Å². The first-order valence-corrected chi connectivity index (χ1v) is 26.1. The van der Waals surface area contributed by atoms with E-state index in [1.54, 1.807) is 0 Å². The molecule has 0 aliphatic carbocycles. The lowest BCUT2D eigenvalue weighted by atomic mass is 9.89. The normalized spacial score (nSPS) is 14.7. The molecule has 12 rings (SSSR count). The van der Waals surface area contributed by atoms with Gasteiger partial charge in [0.15, 0.2) is 0 Å². The highest BCUT2D eigenvalue weighted by molar-refractivity contribution is 14.1. The summed E-state index contributed by atoms with van der Waals surface area (Å²) in [5.74, 6) is 0. The standard InChI is InChI=1S/C58H62I2N4/c1-9-41-33(5)55-53-45-27-19-17-23-37(45)21-13-15-25-39-29-48(60)40(30-47(39)59)26-16-14-22-38-24-18-20-28-46(38)54(57-34(6)42(10-2)50(62-57)31-49(41)61-55)58-36(8)44(12-4)52(64-58)32-51-43(11-3)35(7)56(53)63-51/h17-20,23-24,27-32,61,63H,9-16,21-22,25-26H2,1-8H3. The summed E-state index contributed by atoms with van der Waals surface area (Å²) in [5.41, 5.74) is 30.1. The molecule has 0 saturated heterocycles. The highest BCUT2D eigenvalue weighted by atomic mass is 127. The monoisotopic (exact) mass is 1070 g/mol. The van der Waals surface area contributed by atoms with Crippen LogP contribution >= 0.6 is 45.2 Å². The topological polar surface area (TPSA) is 57.4 Å². The minimum atomic E-state index is 0.897. The smallest absolute Gasteiger partial charge is 0.0770 e. The second-order valence-corrected chi connectivity index (χ2v) is 20.5. The molecule has 0 fully saturated rings. The SMILES string of the molecule is CCC1=C(C)c2nc1cc1[nH]c(c(C)c1CC)c1c3[nH]c(cc4nc(c2-c2ccccc2CCCCc2cc(I)c(cc2I)CCCCc2ccccc2-1)C(C)=C4CC)c(CC)c3C. The van der Waals surface area contributed by atoms with Crippen molar-refractivity contribution in [2.24, 2.45) is 0 Å². The van der Waals surface area contributed by atoms with Crippen molar-refractivity contribution in [3.8, 4) is 22.3 Å². The maximum atomic E-state index is 5.74. The third-order valence-electron chi connectivity index (χ3n) is 14.5. The zero-order valence-electron chi connectivity index (χ0n) is 39.1. The Balaban J connectivity index is 1.45. The van der Waals surface area contributed by atoms with Crippen molar-refractivity contribution in [1.29, 1.82) is 0 Å². The summed E-state index contributed by atoms with van der Waals surface area (Å²) in [6, 6.07) is 28.0. The lowest BCUT2D eigenvalue weighted by molar-refractivity contribution is 0.725. The fraction of sp³-hybridized carbons (Fsp3) is 0.345. The third kappa shape index (κ3) is 8.07. The van der Waals surface area contributed by atoms with Crippen molar-refractivity contribution in [2.45, 2.75) is 132 Å². The molecular formula is C58H62I2N4. The van der Waals surface area contributed by atoms with Crippen molar-refractivity contribution in [3.63, 3.8) is 0 Å². The summed E-state index contributed by atoms with van der Waals surface area (Å²) in [4.78, 5) is 19.7. The van der Waals surface area contributed by atoms with Crippen LogP contribution in [-0.2, 0) is 38.5 Å². The molecule has 0 radical (unpaired) electrons. The zero-order valence-corrected chi connectivity index (χ0v) is 43.4. The number of aromatic amines is 2. The first-order valence-electron chi connectivity index (χ1n) is 23.9. The predicted molar refractivity (Wildman–Crippen MR) is 291 cm³/mol. The fourth-order valence-corrected chi connectivity index (χ4v) is 12.7. The molecule has 64 heavy (non-hydrogen) atoms. The van der Waals surface area contributed by atoms with Gasteiger partial charge < -0.3 is 9.97 Å². The van der Waals surface area contributed by atoms with E-state index in [0.29, 0.717) is 0 Å². The summed E-state index contributed by atoms with van der Waals surface area (Å²) >= 11 is 5.19. The summed E-state index contributed by atoms with van der Waals surface area (Å²) in [7, 11) is 0. The molecule has 0 amide bonds. The lowest BCUT2D eigenvalue weighted by Crippen LogP contribution is -2.00. The Morgan fingerprint density at radius 2 is 0.875 bits per heavy atom. The average Bonchev–Trinajstić information content (AvgIpc) is 3.98. The number of halogens is 2. The Kier molecular flexibility index (Phi) is 13.3. The summed E-state index contributed by atoms with van der Waals surface area (Å²) in [6.07, 6.45) is 12.4. The Labute approximate surface area is 408 Å². The quantitative estimate of drug-likeness (QED) is 0.173. The molecule has 328 valence electrons. The van der Waals surface area contributed by atoms with Crippen LogP contribution in [0.1, 0.15) is 147 Å². The molecule has 0 atom stereocenters. The number of H-pyrrole nitrogens is 2. The number of aryl methyl sites for hydroxylation is 8. The molecule has 6 aliphatic heterocycles. The first kappa shape index (κ1) is 44.9. The highest BCUT2D eigenvalue weighted by Gasteiger charge is 2.28. The summed E-state index contributed by atoms with van der Waals surface area (Å²) in [6.45, 7) is 18.4. The average molecular weight is 1070 g/mol. The molecule has 3 aromatic heterocycles. The molecule has 9 heterocycles. The summed E-state index contributed by atoms with van der Waals surface area (Å²) in [5, 5.41) is 0. The molecule has 6 aliphatic rings. The van der Waals surface area contributed by atoms with Gasteiger partial charge >= 0.3 is 0 Å². The van der Waals surface area contributed by atoms with Crippen molar-refractivity contribution in [2.75, 3.05) is 0 Å². The Morgan fingerprint density at radius 3 is 1.28 bits per heavy atom. The number of aromatic nitrogens is 4. The van der Waals surface area contributed by atoms with Gasteiger partial charge in [0.1, 0.15) is 0 Å². The van der Waals surface area contributed by atoms with Gasteiger partial charge in [0, 0.05) is 29.3 Å². The minimum Gasteiger partial charge on any atom is -0.354 e. The van der Waals surface area contributed by atoms with E-state index in [0.717, 1.165) is 116 Å². The van der Waals surface area contributed by atoms with Crippen LogP contribution < -0.4 is 0 Å². The fourth-order valence-electron chi connectivity index (χ4n) is 11.1. The van der Waals surface area contributed by atoms with E-state index in [9.17, 15) is 0 Å². The van der Waals surface area contributed by atoms with E-state index in [1.807, 2.05) is 0 Å². The number of allylic oxidation sites excluding steroid dienone is 4. The summed E-state index contributed by atoms with van der Waals surface area (Å²) < 4.78 is 2.80. The number of hydrogen-bond acceptors (Lipinski definition) is 2. The molecule has 12 bridgehead atoms. The van der Waals surface area contributed by atoms with Gasteiger partial charge in [0.05, 0.1) is 33.8 Å². The Bertz CT molecular complexity index is 2940. The van der Waals surface area contributed by atoms with Crippen LogP contribution in [0.4, 0.5) is 0 Å². The van der Waals surface area contributed by atoms with Crippen LogP contribution in [0.5, 0.6) is 0 Å². The van der Waals surface area contributed by atoms with Gasteiger partial charge in [-0.25, -0.2) is 9.97 Å². The van der Waals surface area contributed by atoms with Crippen LogP contribution in [0, 0.1) is 21.0 Å². The van der Waals surface area contributed by atoms with Crippen molar-refractivity contribution in [3.05, 3.63) is 147 Å². The van der Waals surface area contributed by atoms with Gasteiger partial charge in [0.25, 0.3) is 0 Å². The first-order chi connectivity index (χ1) is 31.1. The van der Waals surface area contributed by atoms with Crippen LogP contribution in [0.15, 0.2) is 72.8 Å².